The average Bonchev–Trinajstić information content (AvgIpc) is 2.72. The van der Waals surface area contributed by atoms with Crippen LogP contribution in [-0.2, 0) is 0 Å². The highest BCUT2D eigenvalue weighted by molar-refractivity contribution is 8.01. The summed E-state index contributed by atoms with van der Waals surface area (Å²) in [5.41, 5.74) is 0. The van der Waals surface area contributed by atoms with E-state index in [4.69, 9.17) is 11.6 Å². The van der Waals surface area contributed by atoms with E-state index in [1.54, 1.807) is 0 Å². The van der Waals surface area contributed by atoms with Crippen molar-refractivity contribution in [2.24, 2.45) is 15.9 Å². The van der Waals surface area contributed by atoms with Gasteiger partial charge in [-0.15, -0.1) is 11.8 Å². The molecule has 17 heavy (non-hydrogen) atoms. The van der Waals surface area contributed by atoms with E-state index in [1.165, 1.54) is 0 Å². The fourth-order valence-corrected chi connectivity index (χ4v) is 3.56. The van der Waals surface area contributed by atoms with E-state index in [0.717, 1.165) is 18.0 Å². The van der Waals surface area contributed by atoms with Crippen LogP contribution >= 0.6 is 23.4 Å². The van der Waals surface area contributed by atoms with Crippen molar-refractivity contribution in [2.75, 3.05) is 12.4 Å². The van der Waals surface area contributed by atoms with E-state index < -0.39 is 0 Å². The molecule has 2 rings (SSSR count). The van der Waals surface area contributed by atoms with E-state index in [2.05, 4.69) is 29.1 Å². The summed E-state index contributed by atoms with van der Waals surface area (Å²) in [7, 11) is 0. The normalized spacial score (nSPS) is 32.3. The van der Waals surface area contributed by atoms with Gasteiger partial charge in [-0.25, -0.2) is 0 Å². The molecule has 3 atom stereocenters. The van der Waals surface area contributed by atoms with Crippen LogP contribution < -0.4 is 5.32 Å². The summed E-state index contributed by atoms with van der Waals surface area (Å²) in [6, 6.07) is 0.181. The molecule has 3 unspecified atom stereocenters. The van der Waals surface area contributed by atoms with Crippen LogP contribution in [0.2, 0.25) is 0 Å². The minimum Gasteiger partial charge on any atom is -0.394 e. The lowest BCUT2D eigenvalue weighted by Gasteiger charge is -2.26. The van der Waals surface area contributed by atoms with Crippen LogP contribution in [0.3, 0.4) is 0 Å². The van der Waals surface area contributed by atoms with E-state index in [1.807, 2.05) is 11.8 Å². The van der Waals surface area contributed by atoms with Gasteiger partial charge in [0.05, 0.1) is 23.9 Å². The molecular formula is C11H18ClN3OS. The molecule has 2 N–H and O–H groups in total. The van der Waals surface area contributed by atoms with E-state index in [9.17, 15) is 5.11 Å². The number of fused-ring (bicyclic) bond motifs is 1. The van der Waals surface area contributed by atoms with Crippen molar-refractivity contribution in [3.8, 4) is 0 Å². The monoisotopic (exact) mass is 275 g/mol. The molecule has 0 bridgehead atoms. The summed E-state index contributed by atoms with van der Waals surface area (Å²) >= 11 is 7.83. The van der Waals surface area contributed by atoms with Crippen LogP contribution in [0.5, 0.6) is 0 Å². The van der Waals surface area contributed by atoms with Gasteiger partial charge < -0.3 is 10.4 Å². The number of aliphatic hydroxyl groups excluding tert-OH is 1. The quantitative estimate of drug-likeness (QED) is 0.767. The zero-order chi connectivity index (χ0) is 12.4. The molecule has 0 aromatic carbocycles. The Morgan fingerprint density at radius 2 is 2.41 bits per heavy atom. The van der Waals surface area contributed by atoms with Crippen molar-refractivity contribution in [2.45, 2.75) is 37.6 Å². The van der Waals surface area contributed by atoms with Crippen LogP contribution in [0.15, 0.2) is 9.98 Å². The van der Waals surface area contributed by atoms with Crippen molar-refractivity contribution < 1.29 is 5.11 Å². The Balaban J connectivity index is 2.19. The maximum Gasteiger partial charge on any atom is 0.196 e. The Labute approximate surface area is 111 Å². The van der Waals surface area contributed by atoms with Crippen LogP contribution in [0.4, 0.5) is 0 Å². The molecule has 1 fully saturated rings. The van der Waals surface area contributed by atoms with Gasteiger partial charge >= 0.3 is 0 Å². The van der Waals surface area contributed by atoms with Crippen molar-refractivity contribution in [1.82, 2.24) is 5.32 Å². The van der Waals surface area contributed by atoms with Gasteiger partial charge in [-0.2, -0.15) is 0 Å². The minimum atomic E-state index is -0.0677. The fourth-order valence-electron chi connectivity index (χ4n) is 2.01. The van der Waals surface area contributed by atoms with Crippen molar-refractivity contribution in [3.63, 3.8) is 0 Å². The molecule has 0 aromatic rings. The molecule has 96 valence electrons. The second kappa shape index (κ2) is 5.59. The van der Waals surface area contributed by atoms with Crippen molar-refractivity contribution >= 4 is 34.5 Å². The van der Waals surface area contributed by atoms with Gasteiger partial charge in [0.15, 0.2) is 5.29 Å². The molecule has 0 saturated carbocycles. The van der Waals surface area contributed by atoms with Crippen molar-refractivity contribution in [1.29, 1.82) is 0 Å². The number of amidine groups is 2. The van der Waals surface area contributed by atoms with Gasteiger partial charge in [-0.1, -0.05) is 13.8 Å². The highest BCUT2D eigenvalue weighted by Crippen LogP contribution is 2.32. The van der Waals surface area contributed by atoms with Crippen LogP contribution in [0.25, 0.3) is 0 Å². The SMILES string of the molecule is CC(C)C(CO)N=C1NC(Cl)=NC2CCSC12. The maximum absolute atomic E-state index is 9.33. The minimum absolute atomic E-state index is 0.0677. The molecule has 2 aliphatic heterocycles. The van der Waals surface area contributed by atoms with Crippen LogP contribution in [0, 0.1) is 5.92 Å². The van der Waals surface area contributed by atoms with Gasteiger partial charge in [0.25, 0.3) is 0 Å². The molecule has 1 saturated heterocycles. The third-order valence-electron chi connectivity index (χ3n) is 3.10. The predicted molar refractivity (Wildman–Crippen MR) is 74.2 cm³/mol. The molecule has 0 aromatic heterocycles. The van der Waals surface area contributed by atoms with Gasteiger partial charge in [0.1, 0.15) is 5.84 Å². The number of thioether (sulfide) groups is 1. The van der Waals surface area contributed by atoms with E-state index in [-0.39, 0.29) is 23.9 Å². The predicted octanol–water partition coefficient (Wildman–Crippen LogP) is 1.47. The zero-order valence-electron chi connectivity index (χ0n) is 10.1. The Bertz CT molecular complexity index is 346. The van der Waals surface area contributed by atoms with Gasteiger partial charge in [-0.3, -0.25) is 9.98 Å². The number of nitrogens with zero attached hydrogens (tertiary/aromatic N) is 2. The number of rotatable bonds is 3. The number of halogens is 1. The molecule has 4 nitrogen and oxygen atoms in total. The molecule has 0 amide bonds. The molecular weight excluding hydrogens is 258 g/mol. The maximum atomic E-state index is 9.33. The molecule has 6 heteroatoms. The number of aliphatic hydroxyl groups is 1. The topological polar surface area (TPSA) is 57.0 Å². The summed E-state index contributed by atoms with van der Waals surface area (Å²) in [6.07, 6.45) is 1.05. The standard InChI is InChI=1S/C11H18ClN3OS/c1-6(2)8(5-16)13-10-9-7(3-4-17-9)14-11(12)15-10/h6-9,16H,3-5H2,1-2H3,(H,13,14,15). The third kappa shape index (κ3) is 2.95. The highest BCUT2D eigenvalue weighted by atomic mass is 35.5. The number of aliphatic imine (C=N–C) groups is 2. The molecule has 2 aliphatic rings. The molecule has 2 heterocycles. The summed E-state index contributed by atoms with van der Waals surface area (Å²) in [5, 5.41) is 13.1. The summed E-state index contributed by atoms with van der Waals surface area (Å²) in [5.74, 6) is 2.29. The van der Waals surface area contributed by atoms with E-state index >= 15 is 0 Å². The number of nitrogens with one attached hydrogen (secondary N) is 1. The second-order valence-electron chi connectivity index (χ2n) is 4.70. The number of hydrogen-bond acceptors (Lipinski definition) is 4. The first-order valence-corrected chi connectivity index (χ1v) is 7.35. The van der Waals surface area contributed by atoms with E-state index in [0.29, 0.717) is 11.2 Å². The smallest absolute Gasteiger partial charge is 0.196 e. The fraction of sp³-hybridized carbons (Fsp3) is 0.818. The van der Waals surface area contributed by atoms with Gasteiger partial charge in [-0.05, 0) is 29.7 Å². The Kier molecular flexibility index (Phi) is 4.33. The van der Waals surface area contributed by atoms with Crippen molar-refractivity contribution in [3.05, 3.63) is 0 Å². The lowest BCUT2D eigenvalue weighted by molar-refractivity contribution is 0.239. The largest absolute Gasteiger partial charge is 0.394 e. The highest BCUT2D eigenvalue weighted by Gasteiger charge is 2.36. The number of hydrogen-bond donors (Lipinski definition) is 2. The van der Waals surface area contributed by atoms with Crippen LogP contribution in [0.1, 0.15) is 20.3 Å². The summed E-state index contributed by atoms with van der Waals surface area (Å²) in [4.78, 5) is 9.00. The first-order valence-electron chi connectivity index (χ1n) is 5.92. The zero-order valence-corrected chi connectivity index (χ0v) is 11.6. The summed E-state index contributed by atoms with van der Waals surface area (Å²) < 4.78 is 0. The Hall–Kier alpha value is -0.260. The van der Waals surface area contributed by atoms with Crippen LogP contribution in [-0.4, -0.2) is 45.9 Å². The summed E-state index contributed by atoms with van der Waals surface area (Å²) in [6.45, 7) is 4.19. The molecule has 0 spiro atoms. The second-order valence-corrected chi connectivity index (χ2v) is 6.31. The first kappa shape index (κ1) is 13.2. The lowest BCUT2D eigenvalue weighted by atomic mass is 10.1. The molecule has 0 radical (unpaired) electrons. The van der Waals surface area contributed by atoms with Gasteiger partial charge in [0.2, 0.25) is 0 Å². The molecule has 0 aliphatic carbocycles. The van der Waals surface area contributed by atoms with Gasteiger partial charge in [0, 0.05) is 0 Å². The first-order chi connectivity index (χ1) is 8.11. The third-order valence-corrected chi connectivity index (χ3v) is 4.66. The average molecular weight is 276 g/mol. The lowest BCUT2D eigenvalue weighted by Crippen LogP contribution is -2.45. The Morgan fingerprint density at radius 1 is 1.65 bits per heavy atom. The Morgan fingerprint density at radius 3 is 3.06 bits per heavy atom.